The van der Waals surface area contributed by atoms with E-state index in [9.17, 15) is 4.79 Å². The molecule has 0 aliphatic rings. The smallest absolute Gasteiger partial charge is 0.338 e. The van der Waals surface area contributed by atoms with Gasteiger partial charge in [-0.25, -0.2) is 4.79 Å². The summed E-state index contributed by atoms with van der Waals surface area (Å²) in [5.41, 5.74) is 1.58. The van der Waals surface area contributed by atoms with E-state index >= 15 is 0 Å². The molecule has 2 aromatic carbocycles. The first-order chi connectivity index (χ1) is 13.4. The predicted octanol–water partition coefficient (Wildman–Crippen LogP) is 5.25. The summed E-state index contributed by atoms with van der Waals surface area (Å²) in [6, 6.07) is 17.2. The largest absolute Gasteiger partial charge is 0.494 e. The number of rotatable bonds is 11. The Bertz CT molecular complexity index is 710. The maximum absolute atomic E-state index is 12.7. The molecule has 0 heterocycles. The van der Waals surface area contributed by atoms with Gasteiger partial charge >= 0.3 is 5.97 Å². The number of quaternary nitrogens is 1. The van der Waals surface area contributed by atoms with Crippen LogP contribution in [0.1, 0.15) is 55.1 Å². The lowest BCUT2D eigenvalue weighted by molar-refractivity contribution is -0.889. The average Bonchev–Trinajstić information content (AvgIpc) is 2.72. The van der Waals surface area contributed by atoms with Crippen LogP contribution in [-0.2, 0) is 4.74 Å². The third-order valence-corrected chi connectivity index (χ3v) is 5.13. The van der Waals surface area contributed by atoms with E-state index in [4.69, 9.17) is 9.47 Å². The van der Waals surface area contributed by atoms with Crippen LogP contribution in [0.5, 0.6) is 5.75 Å². The normalized spacial score (nSPS) is 12.4. The molecule has 28 heavy (non-hydrogen) atoms. The third kappa shape index (κ3) is 7.01. The highest BCUT2D eigenvalue weighted by atomic mass is 16.5. The fourth-order valence-corrected chi connectivity index (χ4v) is 2.81. The molecule has 0 fully saturated rings. The quantitative estimate of drug-likeness (QED) is 0.301. The number of unbranched alkanes of at least 4 members (excludes halogenated alkanes) is 1. The Morgan fingerprint density at radius 2 is 1.68 bits per heavy atom. The van der Waals surface area contributed by atoms with Gasteiger partial charge in [0.25, 0.3) is 0 Å². The summed E-state index contributed by atoms with van der Waals surface area (Å²) >= 11 is 0. The van der Waals surface area contributed by atoms with Crippen molar-refractivity contribution in [3.05, 3.63) is 65.7 Å². The Morgan fingerprint density at radius 3 is 2.29 bits per heavy atom. The second kappa shape index (κ2) is 10.9. The molecule has 0 bridgehead atoms. The molecule has 0 saturated heterocycles. The van der Waals surface area contributed by atoms with Gasteiger partial charge in [-0.15, -0.1) is 0 Å². The summed E-state index contributed by atoms with van der Waals surface area (Å²) in [6.45, 7) is 6.98. The van der Waals surface area contributed by atoms with Crippen molar-refractivity contribution in [1.29, 1.82) is 0 Å². The summed E-state index contributed by atoms with van der Waals surface area (Å²) in [4.78, 5) is 12.7. The molecule has 0 N–H and O–H groups in total. The van der Waals surface area contributed by atoms with Gasteiger partial charge in [0.05, 0.1) is 39.4 Å². The van der Waals surface area contributed by atoms with Crippen LogP contribution in [0.25, 0.3) is 0 Å². The van der Waals surface area contributed by atoms with Gasteiger partial charge in [-0.2, -0.15) is 0 Å². The minimum absolute atomic E-state index is 0.252. The molecule has 0 aromatic heterocycles. The lowest BCUT2D eigenvalue weighted by atomic mass is 10.1. The van der Waals surface area contributed by atoms with E-state index in [0.29, 0.717) is 12.2 Å². The molecule has 0 aliphatic carbocycles. The molecule has 0 amide bonds. The number of hydrogen-bond donors (Lipinski definition) is 0. The van der Waals surface area contributed by atoms with Crippen molar-refractivity contribution in [1.82, 2.24) is 0 Å². The van der Waals surface area contributed by atoms with Crippen LogP contribution in [0.4, 0.5) is 0 Å². The fourth-order valence-electron chi connectivity index (χ4n) is 2.81. The SMILES string of the molecule is CCCCOc1ccc(C(=O)OC(CC[N+](C)(C)CC)c2ccccc2)cc1. The number of ether oxygens (including phenoxy) is 2. The van der Waals surface area contributed by atoms with Crippen molar-refractivity contribution in [2.45, 2.75) is 39.2 Å². The van der Waals surface area contributed by atoms with Crippen LogP contribution in [0, 0.1) is 0 Å². The van der Waals surface area contributed by atoms with E-state index in [1.807, 2.05) is 42.5 Å². The summed E-state index contributed by atoms with van der Waals surface area (Å²) in [5, 5.41) is 0. The Morgan fingerprint density at radius 1 is 1.00 bits per heavy atom. The maximum Gasteiger partial charge on any atom is 0.338 e. The zero-order chi connectivity index (χ0) is 20.4. The molecule has 0 radical (unpaired) electrons. The van der Waals surface area contributed by atoms with Crippen molar-refractivity contribution in [2.75, 3.05) is 33.8 Å². The zero-order valence-electron chi connectivity index (χ0n) is 17.7. The van der Waals surface area contributed by atoms with Crippen LogP contribution in [0.15, 0.2) is 54.6 Å². The third-order valence-electron chi connectivity index (χ3n) is 5.13. The van der Waals surface area contributed by atoms with Crippen LogP contribution in [-0.4, -0.2) is 44.2 Å². The molecule has 4 nitrogen and oxygen atoms in total. The molecule has 0 saturated carbocycles. The Kier molecular flexibility index (Phi) is 8.52. The van der Waals surface area contributed by atoms with Crippen LogP contribution in [0.2, 0.25) is 0 Å². The number of carbonyl (C=O) groups excluding carboxylic acids is 1. The fraction of sp³-hybridized carbons (Fsp3) is 0.458. The van der Waals surface area contributed by atoms with E-state index in [-0.39, 0.29) is 12.1 Å². The molecule has 2 aromatic rings. The molecule has 0 aliphatic heterocycles. The molecule has 4 heteroatoms. The van der Waals surface area contributed by atoms with E-state index in [1.54, 1.807) is 12.1 Å². The van der Waals surface area contributed by atoms with Gasteiger partial charge < -0.3 is 14.0 Å². The van der Waals surface area contributed by atoms with Gasteiger partial charge in [0, 0.05) is 6.42 Å². The van der Waals surface area contributed by atoms with Crippen molar-refractivity contribution in [2.24, 2.45) is 0 Å². The standard InChI is InChI=1S/C24H34NO3/c1-5-7-19-27-22-15-13-21(14-16-22)24(26)28-23(17-18-25(3,4)6-2)20-11-9-8-10-12-20/h8-16,23H,5-7,17-19H2,1-4H3/q+1. The Labute approximate surface area is 169 Å². The maximum atomic E-state index is 12.7. The molecule has 2 rings (SSSR count). The molecule has 1 unspecified atom stereocenters. The summed E-state index contributed by atoms with van der Waals surface area (Å²) in [7, 11) is 4.39. The number of esters is 1. The minimum atomic E-state index is -0.296. The lowest BCUT2D eigenvalue weighted by Crippen LogP contribution is -2.40. The second-order valence-corrected chi connectivity index (χ2v) is 7.80. The summed E-state index contributed by atoms with van der Waals surface area (Å²) in [6.07, 6.45) is 2.65. The van der Waals surface area contributed by atoms with Crippen LogP contribution < -0.4 is 4.74 Å². The molecular weight excluding hydrogens is 350 g/mol. The van der Waals surface area contributed by atoms with Crippen molar-refractivity contribution < 1.29 is 18.8 Å². The number of carbonyl (C=O) groups is 1. The molecule has 1 atom stereocenters. The van der Waals surface area contributed by atoms with Gasteiger partial charge in [0.15, 0.2) is 0 Å². The monoisotopic (exact) mass is 384 g/mol. The Balaban J connectivity index is 2.05. The topological polar surface area (TPSA) is 35.5 Å². The van der Waals surface area contributed by atoms with Crippen molar-refractivity contribution in [3.63, 3.8) is 0 Å². The highest BCUT2D eigenvalue weighted by Crippen LogP contribution is 2.24. The van der Waals surface area contributed by atoms with Crippen LogP contribution >= 0.6 is 0 Å². The second-order valence-electron chi connectivity index (χ2n) is 7.80. The molecular formula is C24H34NO3+. The van der Waals surface area contributed by atoms with Gasteiger partial charge in [-0.3, -0.25) is 0 Å². The lowest BCUT2D eigenvalue weighted by Gasteiger charge is -2.30. The zero-order valence-corrected chi connectivity index (χ0v) is 17.7. The first-order valence-corrected chi connectivity index (χ1v) is 10.3. The Hall–Kier alpha value is -2.33. The first-order valence-electron chi connectivity index (χ1n) is 10.3. The predicted molar refractivity (Wildman–Crippen MR) is 114 cm³/mol. The van der Waals surface area contributed by atoms with Crippen molar-refractivity contribution in [3.8, 4) is 5.75 Å². The number of nitrogens with zero attached hydrogens (tertiary/aromatic N) is 1. The van der Waals surface area contributed by atoms with Gasteiger partial charge in [-0.05, 0) is 43.2 Å². The number of benzene rings is 2. The van der Waals surface area contributed by atoms with Crippen molar-refractivity contribution >= 4 is 5.97 Å². The minimum Gasteiger partial charge on any atom is -0.494 e. The summed E-state index contributed by atoms with van der Waals surface area (Å²) in [5.74, 6) is 0.488. The highest BCUT2D eigenvalue weighted by molar-refractivity contribution is 5.89. The van der Waals surface area contributed by atoms with Gasteiger partial charge in [-0.1, -0.05) is 43.7 Å². The van der Waals surface area contributed by atoms with E-state index in [2.05, 4.69) is 27.9 Å². The number of hydrogen-bond acceptors (Lipinski definition) is 3. The highest BCUT2D eigenvalue weighted by Gasteiger charge is 2.22. The van der Waals surface area contributed by atoms with Gasteiger partial charge in [0.2, 0.25) is 0 Å². The van der Waals surface area contributed by atoms with E-state index < -0.39 is 0 Å². The van der Waals surface area contributed by atoms with Crippen LogP contribution in [0.3, 0.4) is 0 Å². The van der Waals surface area contributed by atoms with Gasteiger partial charge in [0.1, 0.15) is 11.9 Å². The van der Waals surface area contributed by atoms with E-state index in [1.165, 1.54) is 0 Å². The first kappa shape index (κ1) is 22.0. The average molecular weight is 385 g/mol. The molecule has 0 spiro atoms. The van der Waals surface area contributed by atoms with E-state index in [0.717, 1.165) is 48.1 Å². The summed E-state index contributed by atoms with van der Waals surface area (Å²) < 4.78 is 12.5. The molecule has 152 valence electrons.